The maximum absolute atomic E-state index is 4.65. The molecule has 1 aromatic carbocycles. The Hall–Kier alpha value is -2.76. The van der Waals surface area contributed by atoms with Crippen LogP contribution in [0.25, 0.3) is 10.9 Å². The average Bonchev–Trinajstić information content (AvgIpc) is 2.62. The van der Waals surface area contributed by atoms with Gasteiger partial charge < -0.3 is 10.2 Å². The van der Waals surface area contributed by atoms with Crippen LogP contribution in [0.1, 0.15) is 19.8 Å². The molecule has 0 spiro atoms. The van der Waals surface area contributed by atoms with Crippen molar-refractivity contribution < 1.29 is 0 Å². The summed E-state index contributed by atoms with van der Waals surface area (Å²) in [6.07, 6.45) is 6.01. The third-order valence-electron chi connectivity index (χ3n) is 4.41. The number of anilines is 3. The smallest absolute Gasteiger partial charge is 0.249 e. The number of para-hydroxylation sites is 1. The van der Waals surface area contributed by atoms with E-state index in [1.807, 2.05) is 30.3 Å². The molecule has 0 saturated carbocycles. The van der Waals surface area contributed by atoms with Crippen LogP contribution in [-0.4, -0.2) is 33.3 Å². The second kappa shape index (κ2) is 6.39. The molecule has 3 aromatic rings. The van der Waals surface area contributed by atoms with Crippen LogP contribution in [0.5, 0.6) is 0 Å². The minimum Gasteiger partial charge on any atom is -0.355 e. The molecular weight excluding hydrogens is 300 g/mol. The Kier molecular flexibility index (Phi) is 3.94. The fourth-order valence-electron chi connectivity index (χ4n) is 3.22. The van der Waals surface area contributed by atoms with Crippen LogP contribution < -0.4 is 10.2 Å². The molecule has 1 aliphatic heterocycles. The molecule has 0 radical (unpaired) electrons. The summed E-state index contributed by atoms with van der Waals surface area (Å²) >= 11 is 0. The summed E-state index contributed by atoms with van der Waals surface area (Å²) in [5, 5.41) is 12.6. The van der Waals surface area contributed by atoms with Gasteiger partial charge in [-0.05, 0) is 30.9 Å². The van der Waals surface area contributed by atoms with E-state index in [1.165, 1.54) is 12.8 Å². The first-order valence-corrected chi connectivity index (χ1v) is 8.35. The van der Waals surface area contributed by atoms with Crippen molar-refractivity contribution >= 4 is 28.4 Å². The lowest BCUT2D eigenvalue weighted by molar-refractivity contribution is 0.444. The van der Waals surface area contributed by atoms with Gasteiger partial charge in [-0.2, -0.15) is 10.1 Å². The number of fused-ring (bicyclic) bond motifs is 1. The second-order valence-corrected chi connectivity index (χ2v) is 6.34. The van der Waals surface area contributed by atoms with Gasteiger partial charge in [0.25, 0.3) is 0 Å². The quantitative estimate of drug-likeness (QED) is 0.798. The fourth-order valence-corrected chi connectivity index (χ4v) is 3.22. The van der Waals surface area contributed by atoms with Gasteiger partial charge in [0.2, 0.25) is 5.95 Å². The predicted octanol–water partition coefficient (Wildman–Crippen LogP) is 3.40. The van der Waals surface area contributed by atoms with E-state index in [2.05, 4.69) is 37.3 Å². The third-order valence-corrected chi connectivity index (χ3v) is 4.41. The molecule has 0 aliphatic carbocycles. The van der Waals surface area contributed by atoms with Gasteiger partial charge in [-0.25, -0.2) is 0 Å². The van der Waals surface area contributed by atoms with Crippen LogP contribution in [0, 0.1) is 5.92 Å². The Morgan fingerprint density at radius 3 is 3.04 bits per heavy atom. The lowest BCUT2D eigenvalue weighted by Crippen LogP contribution is -2.35. The van der Waals surface area contributed by atoms with Crippen molar-refractivity contribution in [3.05, 3.63) is 42.7 Å². The summed E-state index contributed by atoms with van der Waals surface area (Å²) in [6.45, 7) is 4.33. The van der Waals surface area contributed by atoms with Gasteiger partial charge in [0, 0.05) is 24.7 Å². The molecule has 1 unspecified atom stereocenters. The average molecular weight is 320 g/mol. The van der Waals surface area contributed by atoms with Gasteiger partial charge in [-0.15, -0.1) is 5.10 Å². The topological polar surface area (TPSA) is 66.8 Å². The Labute approximate surface area is 141 Å². The molecule has 122 valence electrons. The molecule has 1 aliphatic rings. The summed E-state index contributed by atoms with van der Waals surface area (Å²) in [5.74, 6) is 2.07. The molecule has 4 rings (SSSR count). The van der Waals surface area contributed by atoms with E-state index in [9.17, 15) is 0 Å². The number of nitrogens with zero attached hydrogens (tertiary/aromatic N) is 5. The standard InChI is InChI=1S/C18H20N6/c1-13-5-4-10-24(12-13)16-11-20-23-18(22-16)21-15-8-2-6-14-7-3-9-19-17(14)15/h2-3,6-9,11,13H,4-5,10,12H2,1H3,(H,21,22,23). The van der Waals surface area contributed by atoms with Crippen LogP contribution in [0.2, 0.25) is 0 Å². The highest BCUT2D eigenvalue weighted by Gasteiger charge is 2.18. The molecule has 1 N–H and O–H groups in total. The first-order chi connectivity index (χ1) is 11.8. The summed E-state index contributed by atoms with van der Waals surface area (Å²) in [7, 11) is 0. The lowest BCUT2D eigenvalue weighted by Gasteiger charge is -2.31. The molecule has 6 heteroatoms. The maximum atomic E-state index is 4.65. The van der Waals surface area contributed by atoms with Crippen LogP contribution in [0.4, 0.5) is 17.5 Å². The van der Waals surface area contributed by atoms with Crippen molar-refractivity contribution in [2.75, 3.05) is 23.3 Å². The van der Waals surface area contributed by atoms with Crippen molar-refractivity contribution in [2.45, 2.75) is 19.8 Å². The number of nitrogens with one attached hydrogen (secondary N) is 1. The summed E-state index contributed by atoms with van der Waals surface area (Å²) in [5.41, 5.74) is 1.79. The van der Waals surface area contributed by atoms with E-state index in [4.69, 9.17) is 0 Å². The molecule has 2 aromatic heterocycles. The molecule has 24 heavy (non-hydrogen) atoms. The maximum Gasteiger partial charge on any atom is 0.249 e. The molecule has 0 bridgehead atoms. The van der Waals surface area contributed by atoms with Gasteiger partial charge in [-0.1, -0.05) is 25.1 Å². The highest BCUT2D eigenvalue weighted by atomic mass is 15.3. The summed E-state index contributed by atoms with van der Waals surface area (Å²) < 4.78 is 0. The number of benzene rings is 1. The van der Waals surface area contributed by atoms with E-state index >= 15 is 0 Å². The molecule has 6 nitrogen and oxygen atoms in total. The van der Waals surface area contributed by atoms with Crippen molar-refractivity contribution in [1.29, 1.82) is 0 Å². The van der Waals surface area contributed by atoms with Gasteiger partial charge in [0.1, 0.15) is 0 Å². The van der Waals surface area contributed by atoms with Gasteiger partial charge in [-0.3, -0.25) is 4.98 Å². The zero-order valence-electron chi connectivity index (χ0n) is 13.7. The van der Waals surface area contributed by atoms with E-state index in [1.54, 1.807) is 12.4 Å². The van der Waals surface area contributed by atoms with Crippen molar-refractivity contribution in [3.63, 3.8) is 0 Å². The zero-order chi connectivity index (χ0) is 16.4. The first kappa shape index (κ1) is 14.8. The molecule has 3 heterocycles. The van der Waals surface area contributed by atoms with E-state index in [0.717, 1.165) is 35.5 Å². The third kappa shape index (κ3) is 2.99. The van der Waals surface area contributed by atoms with Gasteiger partial charge in [0.05, 0.1) is 17.4 Å². The number of pyridine rings is 1. The minimum absolute atomic E-state index is 0.504. The number of hydrogen-bond donors (Lipinski definition) is 1. The van der Waals surface area contributed by atoms with Crippen LogP contribution in [0.15, 0.2) is 42.7 Å². The van der Waals surface area contributed by atoms with Crippen molar-refractivity contribution in [2.24, 2.45) is 5.92 Å². The Balaban J connectivity index is 1.62. The highest BCUT2D eigenvalue weighted by molar-refractivity contribution is 5.91. The molecular formula is C18H20N6. The SMILES string of the molecule is CC1CCCN(c2cnnc(Nc3cccc4cccnc34)n2)C1. The molecule has 0 amide bonds. The predicted molar refractivity (Wildman–Crippen MR) is 95.5 cm³/mol. The number of piperidine rings is 1. The minimum atomic E-state index is 0.504. The molecule has 1 saturated heterocycles. The number of aromatic nitrogens is 4. The van der Waals surface area contributed by atoms with Crippen molar-refractivity contribution in [1.82, 2.24) is 20.2 Å². The van der Waals surface area contributed by atoms with Crippen LogP contribution in [-0.2, 0) is 0 Å². The fraction of sp³-hybridized carbons (Fsp3) is 0.333. The largest absolute Gasteiger partial charge is 0.355 e. The van der Waals surface area contributed by atoms with Crippen molar-refractivity contribution in [3.8, 4) is 0 Å². The first-order valence-electron chi connectivity index (χ1n) is 8.35. The number of rotatable bonds is 3. The Morgan fingerprint density at radius 1 is 1.21 bits per heavy atom. The Bertz CT molecular complexity index is 844. The van der Waals surface area contributed by atoms with Crippen LogP contribution in [0.3, 0.4) is 0 Å². The summed E-state index contributed by atoms with van der Waals surface area (Å²) in [4.78, 5) is 11.4. The van der Waals surface area contributed by atoms with Crippen LogP contribution >= 0.6 is 0 Å². The number of hydrogen-bond acceptors (Lipinski definition) is 6. The lowest BCUT2D eigenvalue weighted by atomic mass is 10.0. The summed E-state index contributed by atoms with van der Waals surface area (Å²) in [6, 6.07) is 9.99. The van der Waals surface area contributed by atoms with Gasteiger partial charge in [0.15, 0.2) is 5.82 Å². The molecule has 1 fully saturated rings. The normalized spacial score (nSPS) is 17.9. The zero-order valence-corrected chi connectivity index (χ0v) is 13.7. The van der Waals surface area contributed by atoms with E-state index < -0.39 is 0 Å². The van der Waals surface area contributed by atoms with Gasteiger partial charge >= 0.3 is 0 Å². The highest BCUT2D eigenvalue weighted by Crippen LogP contribution is 2.25. The van der Waals surface area contributed by atoms with E-state index in [0.29, 0.717) is 11.9 Å². The second-order valence-electron chi connectivity index (χ2n) is 6.34. The monoisotopic (exact) mass is 320 g/mol. The molecule has 1 atom stereocenters. The van der Waals surface area contributed by atoms with E-state index in [-0.39, 0.29) is 0 Å². The Morgan fingerprint density at radius 2 is 2.12 bits per heavy atom.